The molecule has 8 nitrogen and oxygen atoms in total. The van der Waals surface area contributed by atoms with Crippen molar-refractivity contribution >= 4 is 50.6 Å². The maximum atomic E-state index is 14.8. The number of anilines is 3. The van der Waals surface area contributed by atoms with Crippen molar-refractivity contribution in [1.82, 2.24) is 4.57 Å². The molecule has 0 amide bonds. The first-order valence-electron chi connectivity index (χ1n) is 12.8. The van der Waals surface area contributed by atoms with Gasteiger partial charge < -0.3 is 29.5 Å². The van der Waals surface area contributed by atoms with Gasteiger partial charge in [-0.2, -0.15) is 0 Å². The number of aliphatic hydroxyl groups is 1. The summed E-state index contributed by atoms with van der Waals surface area (Å²) >= 11 is 2.02. The molecule has 1 saturated carbocycles. The molecular weight excluding hydrogens is 616 g/mol. The smallest absolute Gasteiger partial charge is 0.341 e. The summed E-state index contributed by atoms with van der Waals surface area (Å²) in [7, 11) is 0. The van der Waals surface area contributed by atoms with Gasteiger partial charge in [0.15, 0.2) is 5.58 Å². The zero-order valence-corrected chi connectivity index (χ0v) is 23.5. The van der Waals surface area contributed by atoms with Gasteiger partial charge in [0, 0.05) is 26.6 Å². The molecular formula is C29H27FIN3O5. The van der Waals surface area contributed by atoms with Crippen molar-refractivity contribution in [3.63, 3.8) is 0 Å². The van der Waals surface area contributed by atoms with E-state index in [4.69, 9.17) is 9.15 Å². The van der Waals surface area contributed by atoms with Crippen LogP contribution in [0.5, 0.6) is 0 Å². The lowest BCUT2D eigenvalue weighted by Gasteiger charge is -2.31. The Morgan fingerprint density at radius 3 is 2.56 bits per heavy atom. The van der Waals surface area contributed by atoms with Gasteiger partial charge in [-0.1, -0.05) is 12.1 Å². The van der Waals surface area contributed by atoms with Crippen LogP contribution in [0.1, 0.15) is 30.1 Å². The summed E-state index contributed by atoms with van der Waals surface area (Å²) in [6.45, 7) is 4.40. The third kappa shape index (κ3) is 4.74. The highest BCUT2D eigenvalue weighted by molar-refractivity contribution is 14.1. The first-order chi connectivity index (χ1) is 18.7. The zero-order chi connectivity index (χ0) is 27.4. The summed E-state index contributed by atoms with van der Waals surface area (Å²) < 4.78 is 28.3. The molecule has 1 unspecified atom stereocenters. The minimum atomic E-state index is -0.771. The van der Waals surface area contributed by atoms with Crippen molar-refractivity contribution in [2.75, 3.05) is 23.8 Å². The molecule has 2 aromatic carbocycles. The fraction of sp³-hybridized carbons (Fsp3) is 0.310. The number of rotatable bonds is 7. The highest BCUT2D eigenvalue weighted by Crippen LogP contribution is 2.41. The first kappa shape index (κ1) is 26.0. The van der Waals surface area contributed by atoms with E-state index in [2.05, 4.69) is 10.6 Å². The Bertz CT molecular complexity index is 1730. The number of hydrogen-bond acceptors (Lipinski definition) is 7. The van der Waals surface area contributed by atoms with Crippen LogP contribution in [0.2, 0.25) is 0 Å². The van der Waals surface area contributed by atoms with E-state index in [0.717, 1.165) is 16.4 Å². The maximum absolute atomic E-state index is 14.8. The quantitative estimate of drug-likeness (QED) is 0.182. The van der Waals surface area contributed by atoms with Crippen LogP contribution in [0.3, 0.4) is 0 Å². The second kappa shape index (κ2) is 10.1. The van der Waals surface area contributed by atoms with Crippen LogP contribution in [0.15, 0.2) is 56.5 Å². The van der Waals surface area contributed by atoms with Gasteiger partial charge in [0.05, 0.1) is 36.1 Å². The Hall–Kier alpha value is -3.22. The molecule has 1 aliphatic heterocycles. The fourth-order valence-corrected chi connectivity index (χ4v) is 5.50. The third-order valence-corrected chi connectivity index (χ3v) is 8.09. The number of ether oxygens (including phenoxy) is 1. The molecule has 4 aromatic rings. The maximum Gasteiger partial charge on any atom is 0.341 e. The summed E-state index contributed by atoms with van der Waals surface area (Å²) in [5.74, 6) is -0.490. The molecule has 2 aliphatic rings. The van der Waals surface area contributed by atoms with Crippen molar-refractivity contribution in [1.29, 1.82) is 0 Å². The number of pyridine rings is 1. The van der Waals surface area contributed by atoms with Crippen LogP contribution in [-0.4, -0.2) is 29.1 Å². The van der Waals surface area contributed by atoms with Gasteiger partial charge in [0.2, 0.25) is 0 Å². The molecule has 0 radical (unpaired) electrons. The van der Waals surface area contributed by atoms with Gasteiger partial charge in [0.1, 0.15) is 17.4 Å². The second-order valence-corrected chi connectivity index (χ2v) is 11.4. The van der Waals surface area contributed by atoms with Gasteiger partial charge >= 0.3 is 5.63 Å². The largest absolute Gasteiger partial charge is 0.421 e. The van der Waals surface area contributed by atoms with E-state index in [1.807, 2.05) is 53.8 Å². The SMILES string of the molecule is Cc1c(Nc2ccc(I)cc2F)c2c(=O)n(C3CC3)c(C)c(-c3cccc(NC(O)C4COC4)c3)c2oc1=O. The Morgan fingerprint density at radius 1 is 1.13 bits per heavy atom. The van der Waals surface area contributed by atoms with Gasteiger partial charge in [0.25, 0.3) is 5.56 Å². The molecule has 10 heteroatoms. The predicted octanol–water partition coefficient (Wildman–Crippen LogP) is 5.44. The van der Waals surface area contributed by atoms with E-state index in [1.165, 1.54) is 6.07 Å². The molecule has 1 saturated heterocycles. The number of hydrogen-bond donors (Lipinski definition) is 3. The number of fused-ring (bicyclic) bond motifs is 1. The number of nitrogens with one attached hydrogen (secondary N) is 2. The van der Waals surface area contributed by atoms with Crippen LogP contribution < -0.4 is 21.8 Å². The van der Waals surface area contributed by atoms with E-state index >= 15 is 0 Å². The molecule has 3 N–H and O–H groups in total. The number of halogens is 2. The van der Waals surface area contributed by atoms with Gasteiger partial charge in [-0.05, 0) is 85.2 Å². The minimum Gasteiger partial charge on any atom is -0.421 e. The molecule has 2 aromatic heterocycles. The minimum absolute atomic E-state index is 0.00397. The first-order valence-corrected chi connectivity index (χ1v) is 13.9. The molecule has 1 atom stereocenters. The van der Waals surface area contributed by atoms with E-state index in [9.17, 15) is 19.1 Å². The lowest BCUT2D eigenvalue weighted by atomic mass is 9.99. The van der Waals surface area contributed by atoms with Crippen molar-refractivity contribution in [3.05, 3.63) is 83.9 Å². The molecule has 39 heavy (non-hydrogen) atoms. The normalized spacial score (nSPS) is 16.2. The number of benzene rings is 2. The van der Waals surface area contributed by atoms with E-state index in [0.29, 0.717) is 35.7 Å². The highest BCUT2D eigenvalue weighted by Gasteiger charge is 2.32. The zero-order valence-electron chi connectivity index (χ0n) is 21.4. The highest BCUT2D eigenvalue weighted by atomic mass is 127. The molecule has 2 fully saturated rings. The van der Waals surface area contributed by atoms with Crippen LogP contribution in [-0.2, 0) is 4.74 Å². The third-order valence-electron chi connectivity index (χ3n) is 7.41. The summed E-state index contributed by atoms with van der Waals surface area (Å²) in [5, 5.41) is 16.9. The van der Waals surface area contributed by atoms with Gasteiger partial charge in [-0.3, -0.25) is 4.79 Å². The molecule has 202 valence electrons. The number of aliphatic hydroxyl groups excluding tert-OH is 1. The van der Waals surface area contributed by atoms with Crippen LogP contribution in [0.25, 0.3) is 22.1 Å². The van der Waals surface area contributed by atoms with Gasteiger partial charge in [-0.15, -0.1) is 0 Å². The monoisotopic (exact) mass is 643 g/mol. The summed E-state index contributed by atoms with van der Waals surface area (Å²) in [6.07, 6.45) is 0.966. The second-order valence-electron chi connectivity index (χ2n) is 10.2. The molecule has 1 aliphatic carbocycles. The molecule has 0 bridgehead atoms. The Morgan fingerprint density at radius 2 is 1.90 bits per heavy atom. The molecule has 3 heterocycles. The molecule has 0 spiro atoms. The van der Waals surface area contributed by atoms with Crippen molar-refractivity contribution in [2.24, 2.45) is 5.92 Å². The number of aromatic nitrogens is 1. The Kier molecular flexibility index (Phi) is 6.72. The van der Waals surface area contributed by atoms with Crippen LogP contribution >= 0.6 is 22.6 Å². The standard InChI is InChI=1S/C29H27FIN3O5/c1-14-25(33-22-9-6-18(31)11-21(22)30)24-26(39-29(14)37)23(15(2)34(28(24)36)20-7-8-20)16-4-3-5-19(10-16)32-27(35)17-12-38-13-17/h3-6,9-11,17,20,27,32-33,35H,7-8,12-13H2,1-2H3. The van der Waals surface area contributed by atoms with Crippen molar-refractivity contribution in [2.45, 2.75) is 39.0 Å². The van der Waals surface area contributed by atoms with Crippen molar-refractivity contribution < 1.29 is 18.7 Å². The van der Waals surface area contributed by atoms with Crippen LogP contribution in [0, 0.1) is 29.2 Å². The average molecular weight is 643 g/mol. The summed E-state index contributed by atoms with van der Waals surface area (Å²) in [5.41, 5.74) is 2.49. The van der Waals surface area contributed by atoms with E-state index in [-0.39, 0.29) is 45.4 Å². The van der Waals surface area contributed by atoms with E-state index < -0.39 is 17.7 Å². The Labute approximate surface area is 236 Å². The van der Waals surface area contributed by atoms with Crippen LogP contribution in [0.4, 0.5) is 21.5 Å². The average Bonchev–Trinajstić information content (AvgIpc) is 3.68. The fourth-order valence-electron chi connectivity index (χ4n) is 5.04. The van der Waals surface area contributed by atoms with Gasteiger partial charge in [-0.25, -0.2) is 9.18 Å². The summed E-state index contributed by atoms with van der Waals surface area (Å²) in [6, 6.07) is 12.2. The topological polar surface area (TPSA) is 106 Å². The van der Waals surface area contributed by atoms with Crippen molar-refractivity contribution in [3.8, 4) is 11.1 Å². The van der Waals surface area contributed by atoms with E-state index in [1.54, 1.807) is 23.6 Å². The molecule has 6 rings (SSSR count). The lowest BCUT2D eigenvalue weighted by Crippen LogP contribution is -2.42. The Balaban J connectivity index is 1.57. The lowest BCUT2D eigenvalue weighted by molar-refractivity contribution is -0.0821. The predicted molar refractivity (Wildman–Crippen MR) is 156 cm³/mol. The number of nitrogens with zero attached hydrogens (tertiary/aromatic N) is 1. The summed E-state index contributed by atoms with van der Waals surface area (Å²) in [4.78, 5) is 27.0.